The Morgan fingerprint density at radius 2 is 2.00 bits per heavy atom. The van der Waals surface area contributed by atoms with Gasteiger partial charge in [-0.1, -0.05) is 35.4 Å². The monoisotopic (exact) mass is 301 g/mol. The predicted octanol–water partition coefficient (Wildman–Crippen LogP) is 4.43. The molecule has 106 valence electrons. The summed E-state index contributed by atoms with van der Waals surface area (Å²) in [6, 6.07) is 12.2. The lowest BCUT2D eigenvalue weighted by Gasteiger charge is -2.07. The molecule has 0 aliphatic rings. The average Bonchev–Trinajstić information content (AvgIpc) is 2.81. The third-order valence-electron chi connectivity index (χ3n) is 3.30. The number of nitrogens with two attached hydrogens (primary N) is 1. The quantitative estimate of drug-likeness (QED) is 0.736. The molecule has 3 nitrogen and oxygen atoms in total. The van der Waals surface area contributed by atoms with E-state index in [1.807, 2.05) is 31.2 Å². The van der Waals surface area contributed by atoms with Gasteiger partial charge in [0.2, 0.25) is 0 Å². The van der Waals surface area contributed by atoms with Crippen LogP contribution in [0.15, 0.2) is 42.5 Å². The van der Waals surface area contributed by atoms with E-state index in [4.69, 9.17) is 17.3 Å². The van der Waals surface area contributed by atoms with Gasteiger partial charge in [0.25, 0.3) is 0 Å². The number of nitrogens with one attached hydrogen (secondary N) is 1. The third-order valence-corrected chi connectivity index (χ3v) is 3.61. The SMILES string of the molecule is Cc1cccc(-c2[nH]nc(N)c2-c2ccc(F)cc2Cl)c1. The van der Waals surface area contributed by atoms with Crippen LogP contribution in [0.1, 0.15) is 5.56 Å². The largest absolute Gasteiger partial charge is 0.382 e. The number of hydrogen-bond acceptors (Lipinski definition) is 2. The van der Waals surface area contributed by atoms with Gasteiger partial charge in [0, 0.05) is 11.1 Å². The number of H-pyrrole nitrogens is 1. The minimum atomic E-state index is -0.386. The van der Waals surface area contributed by atoms with E-state index in [1.54, 1.807) is 6.07 Å². The maximum Gasteiger partial charge on any atom is 0.153 e. The smallest absolute Gasteiger partial charge is 0.153 e. The lowest BCUT2D eigenvalue weighted by Crippen LogP contribution is -1.90. The number of aryl methyl sites for hydroxylation is 1. The van der Waals surface area contributed by atoms with Gasteiger partial charge >= 0.3 is 0 Å². The maximum atomic E-state index is 13.2. The zero-order valence-corrected chi connectivity index (χ0v) is 12.1. The van der Waals surface area contributed by atoms with Crippen LogP contribution in [-0.4, -0.2) is 10.2 Å². The van der Waals surface area contributed by atoms with Crippen molar-refractivity contribution in [3.8, 4) is 22.4 Å². The van der Waals surface area contributed by atoms with Crippen molar-refractivity contribution in [1.82, 2.24) is 10.2 Å². The number of anilines is 1. The standard InChI is InChI=1S/C16H13ClFN3/c1-9-3-2-4-10(7-9)15-14(16(19)21-20-15)12-6-5-11(18)8-13(12)17/h2-8H,1H3,(H3,19,20,21). The van der Waals surface area contributed by atoms with Crippen LogP contribution >= 0.6 is 11.6 Å². The minimum Gasteiger partial charge on any atom is -0.382 e. The van der Waals surface area contributed by atoms with Gasteiger partial charge < -0.3 is 5.73 Å². The van der Waals surface area contributed by atoms with Crippen molar-refractivity contribution in [2.45, 2.75) is 6.92 Å². The van der Waals surface area contributed by atoms with Gasteiger partial charge in [0.05, 0.1) is 16.3 Å². The summed E-state index contributed by atoms with van der Waals surface area (Å²) < 4.78 is 13.2. The molecule has 0 fully saturated rings. The van der Waals surface area contributed by atoms with E-state index < -0.39 is 0 Å². The zero-order valence-electron chi connectivity index (χ0n) is 11.3. The van der Waals surface area contributed by atoms with Crippen molar-refractivity contribution in [2.24, 2.45) is 0 Å². The van der Waals surface area contributed by atoms with Gasteiger partial charge in [0.1, 0.15) is 5.82 Å². The molecule has 3 rings (SSSR count). The molecule has 0 unspecified atom stereocenters. The summed E-state index contributed by atoms with van der Waals surface area (Å²) in [6.45, 7) is 2.01. The Kier molecular flexibility index (Phi) is 3.39. The molecule has 0 atom stereocenters. The Morgan fingerprint density at radius 1 is 1.19 bits per heavy atom. The molecule has 1 heterocycles. The average molecular weight is 302 g/mol. The van der Waals surface area contributed by atoms with Crippen LogP contribution in [0.25, 0.3) is 22.4 Å². The second kappa shape index (κ2) is 5.22. The Bertz CT molecular complexity index is 811. The van der Waals surface area contributed by atoms with Gasteiger partial charge in [-0.2, -0.15) is 5.10 Å². The number of rotatable bonds is 2. The number of benzene rings is 2. The molecule has 3 N–H and O–H groups in total. The lowest BCUT2D eigenvalue weighted by atomic mass is 10.00. The zero-order chi connectivity index (χ0) is 15.0. The Labute approximate surface area is 126 Å². The number of hydrogen-bond donors (Lipinski definition) is 2. The van der Waals surface area contributed by atoms with Crippen molar-refractivity contribution in [2.75, 3.05) is 5.73 Å². The fourth-order valence-electron chi connectivity index (χ4n) is 2.33. The van der Waals surface area contributed by atoms with Crippen molar-refractivity contribution < 1.29 is 4.39 Å². The normalized spacial score (nSPS) is 10.8. The van der Waals surface area contributed by atoms with Gasteiger partial charge in [-0.25, -0.2) is 4.39 Å². The summed E-state index contributed by atoms with van der Waals surface area (Å²) in [5, 5.41) is 7.30. The highest BCUT2D eigenvalue weighted by atomic mass is 35.5. The second-order valence-electron chi connectivity index (χ2n) is 4.85. The van der Waals surface area contributed by atoms with Gasteiger partial charge in [-0.3, -0.25) is 5.10 Å². The van der Waals surface area contributed by atoms with Crippen LogP contribution in [0, 0.1) is 12.7 Å². The minimum absolute atomic E-state index is 0.303. The van der Waals surface area contributed by atoms with Crippen LogP contribution < -0.4 is 5.73 Å². The number of halogens is 2. The molecular weight excluding hydrogens is 289 g/mol. The summed E-state index contributed by atoms with van der Waals surface area (Å²) in [5.41, 5.74) is 10.1. The van der Waals surface area contributed by atoms with E-state index in [-0.39, 0.29) is 5.82 Å². The molecule has 21 heavy (non-hydrogen) atoms. The predicted molar refractivity (Wildman–Crippen MR) is 83.6 cm³/mol. The Hall–Kier alpha value is -2.33. The topological polar surface area (TPSA) is 54.7 Å². The Morgan fingerprint density at radius 3 is 2.71 bits per heavy atom. The first kappa shape index (κ1) is 13.6. The molecule has 1 aromatic heterocycles. The van der Waals surface area contributed by atoms with Crippen LogP contribution in [0.5, 0.6) is 0 Å². The highest BCUT2D eigenvalue weighted by Crippen LogP contribution is 2.38. The van der Waals surface area contributed by atoms with E-state index in [9.17, 15) is 4.39 Å². The number of nitrogens with zero attached hydrogens (tertiary/aromatic N) is 1. The van der Waals surface area contributed by atoms with Crippen molar-refractivity contribution >= 4 is 17.4 Å². The van der Waals surface area contributed by atoms with Crippen LogP contribution in [0.4, 0.5) is 10.2 Å². The van der Waals surface area contributed by atoms with Gasteiger partial charge in [-0.05, 0) is 31.2 Å². The summed E-state index contributed by atoms with van der Waals surface area (Å²) in [7, 11) is 0. The summed E-state index contributed by atoms with van der Waals surface area (Å²) in [5.74, 6) is -0.0528. The molecule has 0 amide bonds. The van der Waals surface area contributed by atoms with Crippen LogP contribution in [0.3, 0.4) is 0 Å². The summed E-state index contributed by atoms with van der Waals surface area (Å²) >= 11 is 6.15. The first-order chi connectivity index (χ1) is 10.1. The molecule has 0 radical (unpaired) electrons. The molecule has 3 aromatic rings. The number of aromatic nitrogens is 2. The molecule has 0 saturated carbocycles. The van der Waals surface area contributed by atoms with Crippen LogP contribution in [-0.2, 0) is 0 Å². The second-order valence-corrected chi connectivity index (χ2v) is 5.26. The molecule has 0 aliphatic heterocycles. The maximum absolute atomic E-state index is 13.2. The Balaban J connectivity index is 2.22. The third kappa shape index (κ3) is 2.50. The van der Waals surface area contributed by atoms with E-state index in [0.29, 0.717) is 22.0 Å². The molecule has 5 heteroatoms. The number of aromatic amines is 1. The summed E-state index contributed by atoms with van der Waals surface area (Å²) in [6.07, 6.45) is 0. The van der Waals surface area contributed by atoms with E-state index in [2.05, 4.69) is 10.2 Å². The van der Waals surface area contributed by atoms with Crippen molar-refractivity contribution in [1.29, 1.82) is 0 Å². The van der Waals surface area contributed by atoms with Crippen LogP contribution in [0.2, 0.25) is 5.02 Å². The first-order valence-electron chi connectivity index (χ1n) is 6.42. The molecular formula is C16H13ClFN3. The van der Waals surface area contributed by atoms with Crippen molar-refractivity contribution in [3.63, 3.8) is 0 Å². The van der Waals surface area contributed by atoms with E-state index in [0.717, 1.165) is 16.8 Å². The fourth-order valence-corrected chi connectivity index (χ4v) is 2.59. The highest BCUT2D eigenvalue weighted by molar-refractivity contribution is 6.33. The first-order valence-corrected chi connectivity index (χ1v) is 6.80. The van der Waals surface area contributed by atoms with E-state index in [1.165, 1.54) is 12.1 Å². The number of nitrogen functional groups attached to an aromatic ring is 1. The van der Waals surface area contributed by atoms with Gasteiger partial charge in [-0.15, -0.1) is 0 Å². The molecule has 2 aromatic carbocycles. The summed E-state index contributed by atoms with van der Waals surface area (Å²) in [4.78, 5) is 0. The molecule has 0 bridgehead atoms. The van der Waals surface area contributed by atoms with E-state index >= 15 is 0 Å². The molecule has 0 saturated heterocycles. The van der Waals surface area contributed by atoms with Crippen molar-refractivity contribution in [3.05, 3.63) is 58.9 Å². The van der Waals surface area contributed by atoms with Gasteiger partial charge in [0.15, 0.2) is 5.82 Å². The lowest BCUT2D eigenvalue weighted by molar-refractivity contribution is 0.628. The molecule has 0 aliphatic carbocycles. The highest BCUT2D eigenvalue weighted by Gasteiger charge is 2.17. The molecule has 0 spiro atoms. The fraction of sp³-hybridized carbons (Fsp3) is 0.0625.